The lowest BCUT2D eigenvalue weighted by atomic mass is 9.95. The molecule has 144 valence electrons. The van der Waals surface area contributed by atoms with E-state index in [1.54, 1.807) is 14.0 Å². The third kappa shape index (κ3) is 4.19. The summed E-state index contributed by atoms with van der Waals surface area (Å²) in [5, 5.41) is 0. The van der Waals surface area contributed by atoms with Gasteiger partial charge < -0.3 is 20.4 Å². The molecule has 0 bridgehead atoms. The molecular formula is C20H26N4O3. The van der Waals surface area contributed by atoms with Gasteiger partial charge in [-0.25, -0.2) is 4.79 Å². The maximum atomic E-state index is 12.7. The molecule has 1 aliphatic rings. The van der Waals surface area contributed by atoms with Crippen molar-refractivity contribution in [3.63, 3.8) is 0 Å². The second-order valence-electron chi connectivity index (χ2n) is 7.08. The van der Waals surface area contributed by atoms with E-state index in [9.17, 15) is 9.59 Å². The standard InChI is InChI=1S/C20H26N4O3/c1-12-16(13(2)23-20(26)22-12)7-8-19(25)24-10-17(18(21)11-24)14-5-4-6-15(9-14)27-3/h4-6,9,17-18H,7-8,10-11,21H2,1-3H3,(H,22,23,26)/t17-,18+/m0/s1. The number of nitrogens with zero attached hydrogens (tertiary/aromatic N) is 2. The van der Waals surface area contributed by atoms with Crippen LogP contribution < -0.4 is 16.2 Å². The Morgan fingerprint density at radius 1 is 1.37 bits per heavy atom. The highest BCUT2D eigenvalue weighted by Crippen LogP contribution is 2.29. The van der Waals surface area contributed by atoms with Gasteiger partial charge >= 0.3 is 5.69 Å². The lowest BCUT2D eigenvalue weighted by molar-refractivity contribution is -0.130. The molecule has 1 saturated heterocycles. The van der Waals surface area contributed by atoms with Gasteiger partial charge in [-0.2, -0.15) is 4.98 Å². The van der Waals surface area contributed by atoms with Crippen molar-refractivity contribution in [2.24, 2.45) is 5.73 Å². The highest BCUT2D eigenvalue weighted by molar-refractivity contribution is 5.77. The summed E-state index contributed by atoms with van der Waals surface area (Å²) in [4.78, 5) is 32.6. The number of hydrogen-bond donors (Lipinski definition) is 2. The molecule has 2 atom stereocenters. The van der Waals surface area contributed by atoms with E-state index in [1.807, 2.05) is 36.1 Å². The smallest absolute Gasteiger partial charge is 0.345 e. The van der Waals surface area contributed by atoms with Crippen LogP contribution in [0.5, 0.6) is 5.75 Å². The van der Waals surface area contributed by atoms with Crippen molar-refractivity contribution in [2.45, 2.75) is 38.6 Å². The number of aromatic nitrogens is 2. The van der Waals surface area contributed by atoms with Crippen LogP contribution in [-0.2, 0) is 11.2 Å². The highest BCUT2D eigenvalue weighted by Gasteiger charge is 2.33. The molecule has 1 aromatic heterocycles. The zero-order valence-electron chi connectivity index (χ0n) is 16.0. The van der Waals surface area contributed by atoms with Gasteiger partial charge in [-0.05, 0) is 43.5 Å². The van der Waals surface area contributed by atoms with E-state index >= 15 is 0 Å². The average Bonchev–Trinajstić information content (AvgIpc) is 3.02. The molecule has 0 aliphatic carbocycles. The summed E-state index contributed by atoms with van der Waals surface area (Å²) in [5.74, 6) is 0.962. The minimum Gasteiger partial charge on any atom is -0.497 e. The molecule has 1 fully saturated rings. The van der Waals surface area contributed by atoms with E-state index in [4.69, 9.17) is 10.5 Å². The summed E-state index contributed by atoms with van der Waals surface area (Å²) in [6, 6.07) is 7.76. The van der Waals surface area contributed by atoms with Crippen molar-refractivity contribution < 1.29 is 9.53 Å². The van der Waals surface area contributed by atoms with Gasteiger partial charge in [0.05, 0.1) is 7.11 Å². The molecule has 0 saturated carbocycles. The zero-order valence-corrected chi connectivity index (χ0v) is 16.0. The van der Waals surface area contributed by atoms with Crippen molar-refractivity contribution in [1.29, 1.82) is 0 Å². The van der Waals surface area contributed by atoms with Gasteiger partial charge in [-0.15, -0.1) is 0 Å². The van der Waals surface area contributed by atoms with Crippen LogP contribution in [0.25, 0.3) is 0 Å². The minimum atomic E-state index is -0.355. The molecule has 0 radical (unpaired) electrons. The van der Waals surface area contributed by atoms with Crippen molar-refractivity contribution >= 4 is 5.91 Å². The molecule has 7 heteroatoms. The summed E-state index contributed by atoms with van der Waals surface area (Å²) < 4.78 is 5.29. The number of rotatable bonds is 5. The fourth-order valence-corrected chi connectivity index (χ4v) is 3.77. The lowest BCUT2D eigenvalue weighted by Crippen LogP contribution is -2.32. The van der Waals surface area contributed by atoms with Gasteiger partial charge in [0, 0.05) is 42.9 Å². The van der Waals surface area contributed by atoms with Gasteiger partial charge in [0.25, 0.3) is 0 Å². The fraction of sp³-hybridized carbons (Fsp3) is 0.450. The van der Waals surface area contributed by atoms with E-state index in [0.29, 0.717) is 31.6 Å². The minimum absolute atomic E-state index is 0.0702. The van der Waals surface area contributed by atoms with Crippen LogP contribution in [0.1, 0.15) is 34.9 Å². The summed E-state index contributed by atoms with van der Waals surface area (Å²) in [5.41, 5.74) is 9.43. The Kier molecular flexibility index (Phi) is 5.60. The van der Waals surface area contributed by atoms with Gasteiger partial charge in [0.2, 0.25) is 5.91 Å². The number of aryl methyl sites for hydroxylation is 2. The van der Waals surface area contributed by atoms with Crippen molar-refractivity contribution in [1.82, 2.24) is 14.9 Å². The predicted molar refractivity (Wildman–Crippen MR) is 103 cm³/mol. The first-order chi connectivity index (χ1) is 12.9. The summed E-state index contributed by atoms with van der Waals surface area (Å²) in [6.45, 7) is 4.78. The molecule has 1 aromatic carbocycles. The van der Waals surface area contributed by atoms with Crippen LogP contribution in [0, 0.1) is 13.8 Å². The number of likely N-dealkylation sites (tertiary alicyclic amines) is 1. The molecule has 1 aliphatic heterocycles. The average molecular weight is 370 g/mol. The normalized spacial score (nSPS) is 19.3. The van der Waals surface area contributed by atoms with E-state index in [0.717, 1.165) is 22.6 Å². The second-order valence-corrected chi connectivity index (χ2v) is 7.08. The number of carbonyl (C=O) groups is 1. The Morgan fingerprint density at radius 2 is 2.15 bits per heavy atom. The summed E-state index contributed by atoms with van der Waals surface area (Å²) >= 11 is 0. The summed E-state index contributed by atoms with van der Waals surface area (Å²) in [7, 11) is 1.64. The van der Waals surface area contributed by atoms with E-state index in [2.05, 4.69) is 9.97 Å². The maximum absolute atomic E-state index is 12.7. The number of carbonyl (C=O) groups excluding carboxylic acids is 1. The summed E-state index contributed by atoms with van der Waals surface area (Å²) in [6.07, 6.45) is 0.919. The molecule has 1 amide bonds. The molecule has 2 heterocycles. The van der Waals surface area contributed by atoms with Crippen molar-refractivity contribution in [3.05, 3.63) is 57.3 Å². The van der Waals surface area contributed by atoms with Crippen LogP contribution in [0.3, 0.4) is 0 Å². The Hall–Kier alpha value is -2.67. The quantitative estimate of drug-likeness (QED) is 0.826. The number of amides is 1. The Labute approximate surface area is 158 Å². The third-order valence-corrected chi connectivity index (χ3v) is 5.28. The number of hydrogen-bond acceptors (Lipinski definition) is 5. The Bertz CT molecular complexity index is 867. The van der Waals surface area contributed by atoms with Crippen LogP contribution >= 0.6 is 0 Å². The number of H-pyrrole nitrogens is 1. The molecule has 2 aromatic rings. The molecule has 3 rings (SSSR count). The molecule has 7 nitrogen and oxygen atoms in total. The topological polar surface area (TPSA) is 101 Å². The Morgan fingerprint density at radius 3 is 2.85 bits per heavy atom. The van der Waals surface area contributed by atoms with Gasteiger partial charge in [-0.3, -0.25) is 4.79 Å². The first-order valence-corrected chi connectivity index (χ1v) is 9.12. The van der Waals surface area contributed by atoms with E-state index in [1.165, 1.54) is 0 Å². The molecule has 0 unspecified atom stereocenters. The Balaban J connectivity index is 1.65. The maximum Gasteiger partial charge on any atom is 0.345 e. The van der Waals surface area contributed by atoms with Gasteiger partial charge in [0.15, 0.2) is 0 Å². The zero-order chi connectivity index (χ0) is 19.6. The molecule has 3 N–H and O–H groups in total. The molecule has 0 spiro atoms. The highest BCUT2D eigenvalue weighted by atomic mass is 16.5. The molecular weight excluding hydrogens is 344 g/mol. The lowest BCUT2D eigenvalue weighted by Gasteiger charge is -2.17. The number of ether oxygens (including phenoxy) is 1. The van der Waals surface area contributed by atoms with E-state index in [-0.39, 0.29) is 23.6 Å². The fourth-order valence-electron chi connectivity index (χ4n) is 3.77. The number of methoxy groups -OCH3 is 1. The van der Waals surface area contributed by atoms with E-state index < -0.39 is 0 Å². The number of nitrogens with two attached hydrogens (primary N) is 1. The van der Waals surface area contributed by atoms with Crippen LogP contribution in [0.4, 0.5) is 0 Å². The van der Waals surface area contributed by atoms with Crippen LogP contribution in [0.2, 0.25) is 0 Å². The van der Waals surface area contributed by atoms with Crippen LogP contribution in [0.15, 0.2) is 29.1 Å². The van der Waals surface area contributed by atoms with Crippen molar-refractivity contribution in [3.8, 4) is 5.75 Å². The largest absolute Gasteiger partial charge is 0.497 e. The monoisotopic (exact) mass is 370 g/mol. The SMILES string of the molecule is COc1cccc([C@@H]2CN(C(=O)CCc3c(C)nc(=O)[nH]c3C)C[C@H]2N)c1. The van der Waals surface area contributed by atoms with Gasteiger partial charge in [-0.1, -0.05) is 12.1 Å². The number of benzene rings is 1. The van der Waals surface area contributed by atoms with Gasteiger partial charge in [0.1, 0.15) is 5.75 Å². The van der Waals surface area contributed by atoms with Crippen LogP contribution in [-0.4, -0.2) is 47.0 Å². The number of aromatic amines is 1. The number of nitrogens with one attached hydrogen (secondary N) is 1. The molecule has 27 heavy (non-hydrogen) atoms. The first kappa shape index (κ1) is 19.1. The first-order valence-electron chi connectivity index (χ1n) is 9.12. The predicted octanol–water partition coefficient (Wildman–Crippen LogP) is 1.28. The van der Waals surface area contributed by atoms with Crippen molar-refractivity contribution in [2.75, 3.05) is 20.2 Å². The second kappa shape index (κ2) is 7.92. The third-order valence-electron chi connectivity index (χ3n) is 5.28.